The smallest absolute Gasteiger partial charge is 0.196 e. The number of nitrogens with zero attached hydrogens (tertiary/aromatic N) is 4. The predicted molar refractivity (Wildman–Crippen MR) is 115 cm³/mol. The minimum Gasteiger partial charge on any atom is -0.497 e. The van der Waals surface area contributed by atoms with Crippen LogP contribution in [0.3, 0.4) is 0 Å². The molecule has 3 heterocycles. The summed E-state index contributed by atoms with van der Waals surface area (Å²) in [6.45, 7) is 4.57. The third-order valence-electron chi connectivity index (χ3n) is 4.97. The molecule has 4 aromatic rings. The van der Waals surface area contributed by atoms with Crippen molar-refractivity contribution >= 4 is 17.5 Å². The molecular formula is C22H22N4O3S. The van der Waals surface area contributed by atoms with Gasteiger partial charge in [0, 0.05) is 22.6 Å². The van der Waals surface area contributed by atoms with E-state index in [1.54, 1.807) is 19.7 Å². The molecule has 1 aromatic carbocycles. The number of ketones is 1. The average Bonchev–Trinajstić information content (AvgIpc) is 3.50. The highest BCUT2D eigenvalue weighted by Crippen LogP contribution is 2.24. The Morgan fingerprint density at radius 2 is 2.00 bits per heavy atom. The summed E-state index contributed by atoms with van der Waals surface area (Å²) < 4.78 is 14.6. The van der Waals surface area contributed by atoms with E-state index < -0.39 is 0 Å². The summed E-state index contributed by atoms with van der Waals surface area (Å²) in [4.78, 5) is 12.9. The maximum Gasteiger partial charge on any atom is 0.196 e. The molecule has 0 unspecified atom stereocenters. The van der Waals surface area contributed by atoms with Crippen LogP contribution in [0, 0.1) is 13.8 Å². The van der Waals surface area contributed by atoms with Crippen LogP contribution in [-0.4, -0.2) is 38.0 Å². The number of thioether (sulfide) groups is 1. The average molecular weight is 423 g/mol. The van der Waals surface area contributed by atoms with Crippen LogP contribution in [0.1, 0.15) is 27.5 Å². The van der Waals surface area contributed by atoms with E-state index in [4.69, 9.17) is 9.15 Å². The molecule has 8 heteroatoms. The van der Waals surface area contributed by atoms with Crippen LogP contribution in [0.2, 0.25) is 0 Å². The Hall–Kier alpha value is -3.26. The molecule has 154 valence electrons. The Morgan fingerprint density at radius 3 is 2.70 bits per heavy atom. The van der Waals surface area contributed by atoms with Crippen LogP contribution in [0.25, 0.3) is 5.69 Å². The van der Waals surface area contributed by atoms with Crippen molar-refractivity contribution in [2.45, 2.75) is 25.5 Å². The first-order chi connectivity index (χ1) is 14.6. The number of hydrogen-bond donors (Lipinski definition) is 0. The lowest BCUT2D eigenvalue weighted by molar-refractivity contribution is 0.102. The van der Waals surface area contributed by atoms with Gasteiger partial charge in [-0.25, -0.2) is 0 Å². The van der Waals surface area contributed by atoms with Gasteiger partial charge in [-0.05, 0) is 56.3 Å². The Kier molecular flexibility index (Phi) is 5.76. The normalized spacial score (nSPS) is 11.0. The number of Topliss-reactive ketones (excluding diaryl/α,β-unsaturated/α-hetero) is 1. The monoisotopic (exact) mass is 422 g/mol. The van der Waals surface area contributed by atoms with Crippen LogP contribution < -0.4 is 4.74 Å². The predicted octanol–water partition coefficient (Wildman–Crippen LogP) is 4.31. The molecule has 4 rings (SSSR count). The van der Waals surface area contributed by atoms with Gasteiger partial charge in [0.05, 0.1) is 25.7 Å². The summed E-state index contributed by atoms with van der Waals surface area (Å²) in [5.41, 5.74) is 3.60. The van der Waals surface area contributed by atoms with Crippen LogP contribution >= 0.6 is 11.8 Å². The number of hydrogen-bond acceptors (Lipinski definition) is 6. The summed E-state index contributed by atoms with van der Waals surface area (Å²) >= 11 is 1.37. The van der Waals surface area contributed by atoms with E-state index in [2.05, 4.69) is 14.8 Å². The van der Waals surface area contributed by atoms with Crippen LogP contribution in [0.4, 0.5) is 0 Å². The Bertz CT molecular complexity index is 1140. The maximum absolute atomic E-state index is 12.9. The van der Waals surface area contributed by atoms with Crippen molar-refractivity contribution < 1.29 is 13.9 Å². The maximum atomic E-state index is 12.9. The van der Waals surface area contributed by atoms with E-state index in [0.29, 0.717) is 11.7 Å². The SMILES string of the molecule is COc1ccc(-n2cnnc2SCC(=O)c2cc(C)n(Cc3ccco3)c2C)cc1. The van der Waals surface area contributed by atoms with Gasteiger partial charge in [0.25, 0.3) is 0 Å². The van der Waals surface area contributed by atoms with Crippen molar-refractivity contribution in [2.24, 2.45) is 0 Å². The van der Waals surface area contributed by atoms with E-state index in [9.17, 15) is 4.79 Å². The van der Waals surface area contributed by atoms with Gasteiger partial charge in [-0.15, -0.1) is 10.2 Å². The molecule has 30 heavy (non-hydrogen) atoms. The highest BCUT2D eigenvalue weighted by molar-refractivity contribution is 7.99. The van der Waals surface area contributed by atoms with E-state index in [-0.39, 0.29) is 11.5 Å². The molecule has 0 aliphatic rings. The highest BCUT2D eigenvalue weighted by Gasteiger charge is 2.18. The largest absolute Gasteiger partial charge is 0.497 e. The van der Waals surface area contributed by atoms with Gasteiger partial charge in [-0.1, -0.05) is 11.8 Å². The van der Waals surface area contributed by atoms with Gasteiger partial charge in [-0.2, -0.15) is 0 Å². The number of aromatic nitrogens is 4. The van der Waals surface area contributed by atoms with Crippen molar-refractivity contribution in [1.82, 2.24) is 19.3 Å². The zero-order chi connectivity index (χ0) is 21.1. The van der Waals surface area contributed by atoms with Crippen molar-refractivity contribution in [3.8, 4) is 11.4 Å². The van der Waals surface area contributed by atoms with Gasteiger partial charge >= 0.3 is 0 Å². The first-order valence-corrected chi connectivity index (χ1v) is 10.4. The van der Waals surface area contributed by atoms with Crippen LogP contribution in [0.5, 0.6) is 5.75 Å². The lowest BCUT2D eigenvalue weighted by Gasteiger charge is -2.08. The summed E-state index contributed by atoms with van der Waals surface area (Å²) in [5.74, 6) is 1.97. The molecule has 0 N–H and O–H groups in total. The minimum absolute atomic E-state index is 0.0584. The third-order valence-corrected chi connectivity index (χ3v) is 5.91. The van der Waals surface area contributed by atoms with E-state index in [0.717, 1.165) is 34.1 Å². The van der Waals surface area contributed by atoms with Crippen molar-refractivity contribution in [2.75, 3.05) is 12.9 Å². The number of furan rings is 1. The van der Waals surface area contributed by atoms with E-state index >= 15 is 0 Å². The number of aryl methyl sites for hydroxylation is 1. The van der Waals surface area contributed by atoms with Gasteiger partial charge in [0.1, 0.15) is 17.8 Å². The molecule has 0 aliphatic heterocycles. The Morgan fingerprint density at radius 1 is 1.20 bits per heavy atom. The first-order valence-electron chi connectivity index (χ1n) is 9.46. The third kappa shape index (κ3) is 4.04. The van der Waals surface area contributed by atoms with Crippen LogP contribution in [-0.2, 0) is 6.54 Å². The van der Waals surface area contributed by atoms with Crippen molar-refractivity contribution in [1.29, 1.82) is 0 Å². The van der Waals surface area contributed by atoms with Crippen LogP contribution in [0.15, 0.2) is 64.6 Å². The summed E-state index contributed by atoms with van der Waals surface area (Å²) in [7, 11) is 1.63. The lowest BCUT2D eigenvalue weighted by atomic mass is 10.2. The fourth-order valence-corrected chi connectivity index (χ4v) is 4.15. The number of carbonyl (C=O) groups excluding carboxylic acids is 1. The molecule has 0 spiro atoms. The molecule has 0 bridgehead atoms. The second-order valence-corrected chi connectivity index (χ2v) is 7.79. The number of benzene rings is 1. The summed E-state index contributed by atoms with van der Waals surface area (Å²) in [6.07, 6.45) is 3.30. The van der Waals surface area contributed by atoms with E-state index in [1.165, 1.54) is 11.8 Å². The van der Waals surface area contributed by atoms with Gasteiger partial charge in [0.2, 0.25) is 0 Å². The summed E-state index contributed by atoms with van der Waals surface area (Å²) in [6, 6.07) is 13.3. The molecule has 0 fully saturated rings. The number of ether oxygens (including phenoxy) is 1. The summed E-state index contributed by atoms with van der Waals surface area (Å²) in [5, 5.41) is 8.84. The van der Waals surface area contributed by atoms with E-state index in [1.807, 2.05) is 60.9 Å². The van der Waals surface area contributed by atoms with Gasteiger partial charge in [-0.3, -0.25) is 9.36 Å². The molecule has 0 aliphatic carbocycles. The fraction of sp³-hybridized carbons (Fsp3) is 0.227. The number of rotatable bonds is 8. The second kappa shape index (κ2) is 8.62. The van der Waals surface area contributed by atoms with Crippen molar-refractivity contribution in [3.63, 3.8) is 0 Å². The topological polar surface area (TPSA) is 75.1 Å². The molecule has 0 amide bonds. The molecule has 0 saturated heterocycles. The quantitative estimate of drug-likeness (QED) is 0.311. The minimum atomic E-state index is 0.0584. The molecule has 0 atom stereocenters. The zero-order valence-corrected chi connectivity index (χ0v) is 17.8. The van der Waals surface area contributed by atoms with Crippen molar-refractivity contribution in [3.05, 3.63) is 77.8 Å². The Balaban J connectivity index is 1.48. The van der Waals surface area contributed by atoms with Gasteiger partial charge < -0.3 is 13.7 Å². The number of carbonyl (C=O) groups is 1. The lowest BCUT2D eigenvalue weighted by Crippen LogP contribution is -2.08. The molecule has 3 aromatic heterocycles. The second-order valence-electron chi connectivity index (χ2n) is 6.84. The van der Waals surface area contributed by atoms with Gasteiger partial charge in [0.15, 0.2) is 10.9 Å². The Labute approximate surface area is 178 Å². The number of methoxy groups -OCH3 is 1. The zero-order valence-electron chi connectivity index (χ0n) is 17.0. The molecule has 0 radical (unpaired) electrons. The molecule has 0 saturated carbocycles. The molecular weight excluding hydrogens is 400 g/mol. The molecule has 7 nitrogen and oxygen atoms in total. The highest BCUT2D eigenvalue weighted by atomic mass is 32.2. The fourth-order valence-electron chi connectivity index (χ4n) is 3.34. The first kappa shape index (κ1) is 20.0. The standard InChI is InChI=1S/C22H22N4O3S/c1-15-11-20(16(2)25(15)12-19-5-4-10-29-19)21(27)13-30-22-24-23-14-26(22)17-6-8-18(28-3)9-7-17/h4-11,14H,12-13H2,1-3H3.